The lowest BCUT2D eigenvalue weighted by molar-refractivity contribution is -0.141. The van der Waals surface area contributed by atoms with Crippen molar-refractivity contribution in [2.24, 2.45) is 11.1 Å². The van der Waals surface area contributed by atoms with E-state index in [0.29, 0.717) is 13.1 Å². The SMILES string of the molecule is CC(C)(CN)CNc1nccc(C(F)(F)F)n1. The zero-order valence-electron chi connectivity index (χ0n) is 9.67. The summed E-state index contributed by atoms with van der Waals surface area (Å²) in [7, 11) is 0. The lowest BCUT2D eigenvalue weighted by atomic mass is 9.94. The second-order valence-electron chi connectivity index (χ2n) is 4.49. The standard InChI is InChI=1S/C10H15F3N4/c1-9(2,5-14)6-16-8-15-4-3-7(17-8)10(11,12)13/h3-4H,5-6,14H2,1-2H3,(H,15,16,17). The number of nitrogens with two attached hydrogens (primary N) is 1. The van der Waals surface area contributed by atoms with Crippen LogP contribution >= 0.6 is 0 Å². The lowest BCUT2D eigenvalue weighted by Crippen LogP contribution is -2.31. The van der Waals surface area contributed by atoms with Crippen molar-refractivity contribution in [3.8, 4) is 0 Å². The van der Waals surface area contributed by atoms with Crippen molar-refractivity contribution in [3.63, 3.8) is 0 Å². The number of anilines is 1. The number of hydrogen-bond donors (Lipinski definition) is 2. The molecule has 0 spiro atoms. The van der Waals surface area contributed by atoms with E-state index < -0.39 is 11.9 Å². The number of nitrogens with one attached hydrogen (secondary N) is 1. The van der Waals surface area contributed by atoms with Crippen LogP contribution in [0.25, 0.3) is 0 Å². The van der Waals surface area contributed by atoms with Crippen molar-refractivity contribution >= 4 is 5.95 Å². The maximum atomic E-state index is 12.4. The minimum absolute atomic E-state index is 0.0404. The van der Waals surface area contributed by atoms with Gasteiger partial charge in [-0.1, -0.05) is 13.8 Å². The molecule has 1 rings (SSSR count). The smallest absolute Gasteiger partial charge is 0.354 e. The Morgan fingerprint density at radius 1 is 1.35 bits per heavy atom. The first-order chi connectivity index (χ1) is 7.74. The fourth-order valence-electron chi connectivity index (χ4n) is 0.992. The Morgan fingerprint density at radius 2 is 2.00 bits per heavy atom. The van der Waals surface area contributed by atoms with Gasteiger partial charge in [-0.15, -0.1) is 0 Å². The predicted octanol–water partition coefficient (Wildman–Crippen LogP) is 1.89. The van der Waals surface area contributed by atoms with Crippen molar-refractivity contribution in [2.45, 2.75) is 20.0 Å². The topological polar surface area (TPSA) is 63.8 Å². The summed E-state index contributed by atoms with van der Waals surface area (Å²) in [5.41, 5.74) is 4.33. The fourth-order valence-corrected chi connectivity index (χ4v) is 0.992. The summed E-state index contributed by atoms with van der Waals surface area (Å²) >= 11 is 0. The zero-order chi connectivity index (χ0) is 13.1. The van der Waals surface area contributed by atoms with Crippen LogP contribution in [0.15, 0.2) is 12.3 Å². The van der Waals surface area contributed by atoms with Crippen LogP contribution in [0.2, 0.25) is 0 Å². The highest BCUT2D eigenvalue weighted by atomic mass is 19.4. The van der Waals surface area contributed by atoms with Gasteiger partial charge in [0.05, 0.1) is 0 Å². The first-order valence-corrected chi connectivity index (χ1v) is 5.09. The van der Waals surface area contributed by atoms with Crippen molar-refractivity contribution in [2.75, 3.05) is 18.4 Å². The summed E-state index contributed by atoms with van der Waals surface area (Å²) in [6.45, 7) is 4.62. The Morgan fingerprint density at radius 3 is 2.53 bits per heavy atom. The molecule has 0 bridgehead atoms. The van der Waals surface area contributed by atoms with Crippen molar-refractivity contribution in [3.05, 3.63) is 18.0 Å². The van der Waals surface area contributed by atoms with Crippen LogP contribution in [0, 0.1) is 5.41 Å². The van der Waals surface area contributed by atoms with Gasteiger partial charge >= 0.3 is 6.18 Å². The molecule has 1 heterocycles. The van der Waals surface area contributed by atoms with Crippen LogP contribution in [-0.2, 0) is 6.18 Å². The van der Waals surface area contributed by atoms with E-state index in [1.807, 2.05) is 13.8 Å². The van der Waals surface area contributed by atoms with Gasteiger partial charge in [0.2, 0.25) is 5.95 Å². The Bertz CT molecular complexity index is 376. The number of aromatic nitrogens is 2. The fraction of sp³-hybridized carbons (Fsp3) is 0.600. The van der Waals surface area contributed by atoms with E-state index in [9.17, 15) is 13.2 Å². The van der Waals surface area contributed by atoms with Gasteiger partial charge in [0.1, 0.15) is 5.69 Å². The minimum Gasteiger partial charge on any atom is -0.354 e. The molecule has 0 aromatic carbocycles. The zero-order valence-corrected chi connectivity index (χ0v) is 9.67. The lowest BCUT2D eigenvalue weighted by Gasteiger charge is -2.22. The molecule has 1 aromatic heterocycles. The van der Waals surface area contributed by atoms with E-state index in [2.05, 4.69) is 15.3 Å². The number of rotatable bonds is 4. The molecule has 7 heteroatoms. The molecule has 0 amide bonds. The third kappa shape index (κ3) is 4.18. The molecule has 0 saturated carbocycles. The van der Waals surface area contributed by atoms with Gasteiger partial charge in [0, 0.05) is 12.7 Å². The molecule has 0 saturated heterocycles. The first kappa shape index (κ1) is 13.7. The molecule has 17 heavy (non-hydrogen) atoms. The van der Waals surface area contributed by atoms with Gasteiger partial charge in [-0.05, 0) is 18.0 Å². The van der Waals surface area contributed by atoms with E-state index in [1.54, 1.807) is 0 Å². The summed E-state index contributed by atoms with van der Waals surface area (Å²) in [5, 5.41) is 2.75. The summed E-state index contributed by atoms with van der Waals surface area (Å²) in [6, 6.07) is 0.833. The van der Waals surface area contributed by atoms with Gasteiger partial charge in [0.25, 0.3) is 0 Å². The molecule has 0 aliphatic rings. The largest absolute Gasteiger partial charge is 0.433 e. The normalized spacial score (nSPS) is 12.6. The molecule has 0 atom stereocenters. The highest BCUT2D eigenvalue weighted by Crippen LogP contribution is 2.27. The van der Waals surface area contributed by atoms with E-state index in [1.165, 1.54) is 0 Å². The second kappa shape index (κ2) is 4.87. The molecule has 1 aromatic rings. The molecule has 3 N–H and O–H groups in total. The predicted molar refractivity (Wildman–Crippen MR) is 58.4 cm³/mol. The average molecular weight is 248 g/mol. The highest BCUT2D eigenvalue weighted by Gasteiger charge is 2.32. The Hall–Kier alpha value is -1.37. The molecule has 0 fully saturated rings. The van der Waals surface area contributed by atoms with Crippen LogP contribution in [0.1, 0.15) is 19.5 Å². The van der Waals surface area contributed by atoms with Gasteiger partial charge in [-0.2, -0.15) is 13.2 Å². The van der Waals surface area contributed by atoms with E-state index >= 15 is 0 Å². The van der Waals surface area contributed by atoms with Crippen LogP contribution in [0.4, 0.5) is 19.1 Å². The maximum absolute atomic E-state index is 12.4. The van der Waals surface area contributed by atoms with Crippen molar-refractivity contribution < 1.29 is 13.2 Å². The molecule has 96 valence electrons. The molecule has 0 aliphatic carbocycles. The second-order valence-corrected chi connectivity index (χ2v) is 4.49. The Balaban J connectivity index is 2.74. The third-order valence-electron chi connectivity index (χ3n) is 2.22. The quantitative estimate of drug-likeness (QED) is 0.854. The van der Waals surface area contributed by atoms with Crippen molar-refractivity contribution in [1.82, 2.24) is 9.97 Å². The van der Waals surface area contributed by atoms with E-state index in [0.717, 1.165) is 12.3 Å². The first-order valence-electron chi connectivity index (χ1n) is 5.09. The summed E-state index contributed by atoms with van der Waals surface area (Å²) in [4.78, 5) is 7.12. The number of halogens is 3. The van der Waals surface area contributed by atoms with E-state index in [4.69, 9.17) is 5.73 Å². The molecule has 4 nitrogen and oxygen atoms in total. The van der Waals surface area contributed by atoms with Crippen LogP contribution in [0.5, 0.6) is 0 Å². The number of hydrogen-bond acceptors (Lipinski definition) is 4. The van der Waals surface area contributed by atoms with Crippen molar-refractivity contribution in [1.29, 1.82) is 0 Å². The summed E-state index contributed by atoms with van der Waals surface area (Å²) < 4.78 is 37.1. The molecule has 0 radical (unpaired) electrons. The van der Waals surface area contributed by atoms with Gasteiger partial charge in [0.15, 0.2) is 0 Å². The highest BCUT2D eigenvalue weighted by molar-refractivity contribution is 5.26. The molecular formula is C10H15F3N4. The average Bonchev–Trinajstić information content (AvgIpc) is 2.26. The molecule has 0 unspecified atom stereocenters. The van der Waals surface area contributed by atoms with E-state index in [-0.39, 0.29) is 11.4 Å². The van der Waals surface area contributed by atoms with Crippen LogP contribution in [0.3, 0.4) is 0 Å². The van der Waals surface area contributed by atoms with Gasteiger partial charge < -0.3 is 11.1 Å². The molecular weight excluding hydrogens is 233 g/mol. The summed E-state index contributed by atoms with van der Waals surface area (Å²) in [6.07, 6.45) is -3.38. The Kier molecular flexibility index (Phi) is 3.92. The van der Waals surface area contributed by atoms with Crippen LogP contribution in [-0.4, -0.2) is 23.1 Å². The summed E-state index contributed by atoms with van der Waals surface area (Å²) in [5.74, 6) is -0.0404. The van der Waals surface area contributed by atoms with Crippen LogP contribution < -0.4 is 11.1 Å². The monoisotopic (exact) mass is 248 g/mol. The third-order valence-corrected chi connectivity index (χ3v) is 2.22. The minimum atomic E-state index is -4.46. The van der Waals surface area contributed by atoms with Gasteiger partial charge in [-0.3, -0.25) is 0 Å². The molecule has 0 aliphatic heterocycles. The number of alkyl halides is 3. The Labute approximate surface area is 97.4 Å². The van der Waals surface area contributed by atoms with Gasteiger partial charge in [-0.25, -0.2) is 9.97 Å². The maximum Gasteiger partial charge on any atom is 0.433 e. The number of nitrogens with zero attached hydrogens (tertiary/aromatic N) is 2.